The van der Waals surface area contributed by atoms with Gasteiger partial charge in [-0.2, -0.15) is 0 Å². The molecule has 1 aliphatic carbocycles. The molecule has 0 bridgehead atoms. The summed E-state index contributed by atoms with van der Waals surface area (Å²) in [5, 5.41) is 3.18. The highest BCUT2D eigenvalue weighted by atomic mass is 16.5. The number of carbonyl (C=O) groups is 2. The number of amides is 2. The first kappa shape index (κ1) is 22.2. The van der Waals surface area contributed by atoms with E-state index in [0.717, 1.165) is 70.2 Å². The van der Waals surface area contributed by atoms with E-state index in [2.05, 4.69) is 16.3 Å². The Balaban J connectivity index is 1.40. The molecule has 4 rings (SSSR count). The van der Waals surface area contributed by atoms with Gasteiger partial charge in [0.15, 0.2) is 6.10 Å². The van der Waals surface area contributed by atoms with Gasteiger partial charge in [0.2, 0.25) is 5.91 Å². The monoisotopic (exact) mass is 426 g/mol. The molecule has 2 fully saturated rings. The van der Waals surface area contributed by atoms with Crippen LogP contribution in [0.4, 0.5) is 0 Å². The summed E-state index contributed by atoms with van der Waals surface area (Å²) in [6.07, 6.45) is 11.6. The molecule has 3 aliphatic rings. The van der Waals surface area contributed by atoms with Gasteiger partial charge in [-0.15, -0.1) is 0 Å². The van der Waals surface area contributed by atoms with Crippen molar-refractivity contribution in [3.8, 4) is 5.75 Å². The van der Waals surface area contributed by atoms with Crippen molar-refractivity contribution in [1.82, 2.24) is 10.2 Å². The molecule has 1 saturated heterocycles. The number of para-hydroxylation sites is 1. The van der Waals surface area contributed by atoms with Crippen LogP contribution in [0.1, 0.15) is 76.7 Å². The quantitative estimate of drug-likeness (QED) is 0.720. The molecular weight excluding hydrogens is 388 g/mol. The Hall–Kier alpha value is -2.04. The molecule has 0 radical (unpaired) electrons. The van der Waals surface area contributed by atoms with Crippen molar-refractivity contribution in [3.05, 3.63) is 29.8 Å². The van der Waals surface area contributed by atoms with Gasteiger partial charge >= 0.3 is 0 Å². The first-order valence-corrected chi connectivity index (χ1v) is 12.4. The zero-order chi connectivity index (χ0) is 21.7. The number of fused-ring (bicyclic) bond motifs is 1. The molecule has 5 nitrogen and oxygen atoms in total. The van der Waals surface area contributed by atoms with Crippen molar-refractivity contribution >= 4 is 11.8 Å². The van der Waals surface area contributed by atoms with Gasteiger partial charge in [-0.05, 0) is 68.9 Å². The number of ether oxygens (including phenoxy) is 1. The highest BCUT2D eigenvalue weighted by Gasteiger charge is 2.38. The van der Waals surface area contributed by atoms with Gasteiger partial charge in [0, 0.05) is 25.6 Å². The summed E-state index contributed by atoms with van der Waals surface area (Å²) in [7, 11) is 0. The van der Waals surface area contributed by atoms with Crippen LogP contribution in [0.2, 0.25) is 0 Å². The predicted molar refractivity (Wildman–Crippen MR) is 122 cm³/mol. The SMILES string of the molecule is C[C@H]1Oc2ccccc2CCCCC2(CCN(C(=O)C3CCCCC3)CC2)CNC1=O. The standard InChI is InChI=1S/C26H38N2O3/c1-20-24(29)27-19-26(14-8-7-10-21-9-5-6-13-23(21)31-20)15-17-28(18-16-26)25(30)22-11-3-2-4-12-22/h5-6,9,13,20,22H,2-4,7-8,10-12,14-19H2,1H3,(H,27,29)/t20-/m1/s1. The van der Waals surface area contributed by atoms with E-state index in [9.17, 15) is 9.59 Å². The van der Waals surface area contributed by atoms with E-state index in [-0.39, 0.29) is 17.2 Å². The summed E-state index contributed by atoms with van der Waals surface area (Å²) in [5.74, 6) is 1.41. The minimum atomic E-state index is -0.509. The zero-order valence-electron chi connectivity index (χ0n) is 19.0. The summed E-state index contributed by atoms with van der Waals surface area (Å²) < 4.78 is 6.01. The number of hydrogen-bond donors (Lipinski definition) is 1. The lowest BCUT2D eigenvalue weighted by atomic mass is 9.73. The normalized spacial score (nSPS) is 25.5. The lowest BCUT2D eigenvalue weighted by molar-refractivity contribution is -0.139. The van der Waals surface area contributed by atoms with E-state index in [4.69, 9.17) is 4.74 Å². The Kier molecular flexibility index (Phi) is 7.19. The molecule has 31 heavy (non-hydrogen) atoms. The maximum Gasteiger partial charge on any atom is 0.260 e. The van der Waals surface area contributed by atoms with Crippen LogP contribution in [0, 0.1) is 11.3 Å². The third-order valence-electron chi connectivity index (χ3n) is 7.78. The Morgan fingerprint density at radius 3 is 2.55 bits per heavy atom. The number of benzene rings is 1. The van der Waals surface area contributed by atoms with Crippen LogP contribution < -0.4 is 10.1 Å². The molecule has 2 heterocycles. The lowest BCUT2D eigenvalue weighted by Crippen LogP contribution is -2.50. The van der Waals surface area contributed by atoms with Gasteiger partial charge in [0.1, 0.15) is 5.75 Å². The van der Waals surface area contributed by atoms with Crippen molar-refractivity contribution in [2.24, 2.45) is 11.3 Å². The molecule has 2 amide bonds. The maximum atomic E-state index is 13.0. The van der Waals surface area contributed by atoms with Crippen LogP contribution in [-0.2, 0) is 16.0 Å². The Bertz CT molecular complexity index is 764. The van der Waals surface area contributed by atoms with E-state index in [0.29, 0.717) is 12.5 Å². The number of rotatable bonds is 1. The van der Waals surface area contributed by atoms with Crippen LogP contribution in [0.5, 0.6) is 5.75 Å². The van der Waals surface area contributed by atoms with Gasteiger partial charge in [-0.25, -0.2) is 0 Å². The van der Waals surface area contributed by atoms with Crippen LogP contribution in [-0.4, -0.2) is 42.5 Å². The van der Waals surface area contributed by atoms with Gasteiger partial charge in [-0.3, -0.25) is 9.59 Å². The summed E-state index contributed by atoms with van der Waals surface area (Å²) >= 11 is 0. The first-order valence-electron chi connectivity index (χ1n) is 12.4. The lowest BCUT2D eigenvalue weighted by Gasteiger charge is -2.43. The summed E-state index contributed by atoms with van der Waals surface area (Å²) in [4.78, 5) is 27.8. The fourth-order valence-electron chi connectivity index (χ4n) is 5.63. The molecule has 1 atom stereocenters. The number of nitrogens with zero attached hydrogens (tertiary/aromatic N) is 1. The average molecular weight is 427 g/mol. The molecule has 1 aromatic rings. The van der Waals surface area contributed by atoms with Gasteiger partial charge < -0.3 is 15.0 Å². The summed E-state index contributed by atoms with van der Waals surface area (Å²) in [5.41, 5.74) is 1.28. The summed E-state index contributed by atoms with van der Waals surface area (Å²) in [6.45, 7) is 4.18. The molecular formula is C26H38N2O3. The van der Waals surface area contributed by atoms with Crippen LogP contribution >= 0.6 is 0 Å². The molecule has 5 heteroatoms. The predicted octanol–water partition coefficient (Wildman–Crippen LogP) is 4.49. The van der Waals surface area contributed by atoms with E-state index < -0.39 is 6.10 Å². The van der Waals surface area contributed by atoms with Crippen molar-refractivity contribution in [1.29, 1.82) is 0 Å². The average Bonchev–Trinajstić information content (AvgIpc) is 2.81. The van der Waals surface area contributed by atoms with Gasteiger partial charge in [0.05, 0.1) is 0 Å². The molecule has 1 aromatic carbocycles. The third kappa shape index (κ3) is 5.42. The molecule has 1 N–H and O–H groups in total. The topological polar surface area (TPSA) is 58.6 Å². The number of hydrogen-bond acceptors (Lipinski definition) is 3. The number of piperidine rings is 1. The second-order valence-electron chi connectivity index (χ2n) is 9.95. The second-order valence-corrected chi connectivity index (χ2v) is 9.95. The number of aryl methyl sites for hydroxylation is 1. The van der Waals surface area contributed by atoms with Gasteiger partial charge in [-0.1, -0.05) is 43.9 Å². The number of nitrogens with one attached hydrogen (secondary N) is 1. The van der Waals surface area contributed by atoms with E-state index in [1.807, 2.05) is 25.1 Å². The zero-order valence-corrected chi connectivity index (χ0v) is 19.0. The van der Waals surface area contributed by atoms with Crippen LogP contribution in [0.3, 0.4) is 0 Å². The minimum absolute atomic E-state index is 0.0459. The molecule has 0 aromatic heterocycles. The van der Waals surface area contributed by atoms with Crippen molar-refractivity contribution in [2.75, 3.05) is 19.6 Å². The highest BCUT2D eigenvalue weighted by molar-refractivity contribution is 5.81. The molecule has 1 spiro atoms. The Morgan fingerprint density at radius 1 is 1.03 bits per heavy atom. The third-order valence-corrected chi connectivity index (χ3v) is 7.78. The molecule has 1 saturated carbocycles. The molecule has 0 unspecified atom stereocenters. The largest absolute Gasteiger partial charge is 0.481 e. The van der Waals surface area contributed by atoms with E-state index >= 15 is 0 Å². The Labute approximate surface area is 186 Å². The molecule has 170 valence electrons. The van der Waals surface area contributed by atoms with Crippen molar-refractivity contribution in [3.63, 3.8) is 0 Å². The summed E-state index contributed by atoms with van der Waals surface area (Å²) in [6, 6.07) is 8.08. The molecule has 2 aliphatic heterocycles. The fourth-order valence-corrected chi connectivity index (χ4v) is 5.63. The van der Waals surface area contributed by atoms with E-state index in [1.54, 1.807) is 0 Å². The van der Waals surface area contributed by atoms with Crippen LogP contribution in [0.25, 0.3) is 0 Å². The van der Waals surface area contributed by atoms with Crippen LogP contribution in [0.15, 0.2) is 24.3 Å². The number of carbonyl (C=O) groups excluding carboxylic acids is 2. The minimum Gasteiger partial charge on any atom is -0.481 e. The fraction of sp³-hybridized carbons (Fsp3) is 0.692. The van der Waals surface area contributed by atoms with Crippen molar-refractivity contribution in [2.45, 2.75) is 83.7 Å². The Morgan fingerprint density at radius 2 is 1.77 bits per heavy atom. The second kappa shape index (κ2) is 10.1. The first-order chi connectivity index (χ1) is 15.1. The highest BCUT2D eigenvalue weighted by Crippen LogP contribution is 2.38. The van der Waals surface area contributed by atoms with Crippen molar-refractivity contribution < 1.29 is 14.3 Å². The smallest absolute Gasteiger partial charge is 0.260 e. The maximum absolute atomic E-state index is 13.0. The number of likely N-dealkylation sites (tertiary alicyclic amines) is 1. The van der Waals surface area contributed by atoms with Gasteiger partial charge in [0.25, 0.3) is 5.91 Å². The van der Waals surface area contributed by atoms with E-state index in [1.165, 1.54) is 24.8 Å².